The van der Waals surface area contributed by atoms with Gasteiger partial charge >= 0.3 is 0 Å². The van der Waals surface area contributed by atoms with Gasteiger partial charge in [-0.2, -0.15) is 0 Å². The van der Waals surface area contributed by atoms with Crippen LogP contribution < -0.4 is 11.1 Å². The molecule has 0 radical (unpaired) electrons. The third-order valence-electron chi connectivity index (χ3n) is 5.21. The maximum absolute atomic E-state index is 12.7. The van der Waals surface area contributed by atoms with Crippen LogP contribution in [0.25, 0.3) is 0 Å². The lowest BCUT2D eigenvalue weighted by molar-refractivity contribution is -0.385. The Balaban J connectivity index is 1.90. The van der Waals surface area contributed by atoms with E-state index in [1.54, 1.807) is 6.92 Å². The average molecular weight is 401 g/mol. The van der Waals surface area contributed by atoms with E-state index in [0.29, 0.717) is 22.0 Å². The Hall–Kier alpha value is -2.74. The number of benzene rings is 1. The maximum atomic E-state index is 12.7. The lowest BCUT2D eigenvalue weighted by Crippen LogP contribution is -2.20. The molecule has 2 amide bonds. The summed E-state index contributed by atoms with van der Waals surface area (Å²) < 4.78 is 0. The van der Waals surface area contributed by atoms with Crippen LogP contribution in [0.3, 0.4) is 0 Å². The number of hydrogen-bond acceptors (Lipinski definition) is 5. The minimum Gasteiger partial charge on any atom is -0.365 e. The minimum atomic E-state index is -0.559. The molecule has 7 nitrogen and oxygen atoms in total. The van der Waals surface area contributed by atoms with Gasteiger partial charge in [0.25, 0.3) is 17.5 Å². The molecule has 0 saturated carbocycles. The highest BCUT2D eigenvalue weighted by atomic mass is 32.1. The summed E-state index contributed by atoms with van der Waals surface area (Å²) in [4.78, 5) is 36.4. The van der Waals surface area contributed by atoms with Crippen LogP contribution in [0.15, 0.2) is 18.2 Å². The summed E-state index contributed by atoms with van der Waals surface area (Å²) in [5, 5.41) is 14.3. The summed E-state index contributed by atoms with van der Waals surface area (Å²) in [5.41, 5.74) is 7.45. The number of carbonyl (C=O) groups is 2. The minimum absolute atomic E-state index is 0.115. The molecule has 1 aromatic heterocycles. The molecule has 28 heavy (non-hydrogen) atoms. The summed E-state index contributed by atoms with van der Waals surface area (Å²) in [7, 11) is 0. The Kier molecular flexibility index (Phi) is 5.79. The monoisotopic (exact) mass is 401 g/mol. The highest BCUT2D eigenvalue weighted by Crippen LogP contribution is 2.40. The van der Waals surface area contributed by atoms with Gasteiger partial charge in [0.2, 0.25) is 0 Å². The third-order valence-corrected chi connectivity index (χ3v) is 6.38. The fourth-order valence-electron chi connectivity index (χ4n) is 3.78. The van der Waals surface area contributed by atoms with Gasteiger partial charge in [-0.3, -0.25) is 19.7 Å². The lowest BCUT2D eigenvalue weighted by atomic mass is 9.84. The molecule has 1 aliphatic carbocycles. The summed E-state index contributed by atoms with van der Waals surface area (Å²) in [6, 6.07) is 4.32. The van der Waals surface area contributed by atoms with Crippen molar-refractivity contribution in [2.45, 2.75) is 46.0 Å². The van der Waals surface area contributed by atoms with E-state index in [-0.39, 0.29) is 11.3 Å². The van der Waals surface area contributed by atoms with Crippen molar-refractivity contribution in [1.29, 1.82) is 0 Å². The van der Waals surface area contributed by atoms with Gasteiger partial charge in [0.05, 0.1) is 10.5 Å². The predicted molar refractivity (Wildman–Crippen MR) is 109 cm³/mol. The molecule has 0 fully saturated rings. The third kappa shape index (κ3) is 3.91. The van der Waals surface area contributed by atoms with Crippen molar-refractivity contribution in [2.75, 3.05) is 5.32 Å². The molecule has 2 aromatic rings. The molecule has 1 heterocycles. The topological polar surface area (TPSA) is 115 Å². The maximum Gasteiger partial charge on any atom is 0.273 e. The van der Waals surface area contributed by atoms with Crippen molar-refractivity contribution in [2.24, 2.45) is 11.7 Å². The highest BCUT2D eigenvalue weighted by Gasteiger charge is 2.28. The van der Waals surface area contributed by atoms with E-state index >= 15 is 0 Å². The number of anilines is 1. The second-order valence-electron chi connectivity index (χ2n) is 7.18. The van der Waals surface area contributed by atoms with E-state index in [1.165, 1.54) is 29.5 Å². The number of nitro benzene ring substituents is 1. The lowest BCUT2D eigenvalue weighted by Gasteiger charge is -2.21. The summed E-state index contributed by atoms with van der Waals surface area (Å²) in [6.45, 7) is 3.77. The van der Waals surface area contributed by atoms with Crippen molar-refractivity contribution in [3.05, 3.63) is 55.4 Å². The molecule has 0 unspecified atom stereocenters. The first kappa shape index (κ1) is 20.0. The number of thiophene rings is 1. The predicted octanol–water partition coefficient (Wildman–Crippen LogP) is 4.22. The zero-order chi connectivity index (χ0) is 20.4. The number of amides is 2. The fraction of sp³-hybridized carbons (Fsp3) is 0.400. The van der Waals surface area contributed by atoms with Crippen LogP contribution in [0.2, 0.25) is 0 Å². The van der Waals surface area contributed by atoms with E-state index in [4.69, 9.17) is 5.73 Å². The number of hydrogen-bond donors (Lipinski definition) is 2. The molecule has 0 saturated heterocycles. The van der Waals surface area contributed by atoms with Gasteiger partial charge in [0, 0.05) is 22.1 Å². The first-order chi connectivity index (χ1) is 13.3. The molecule has 3 rings (SSSR count). The molecule has 1 aliphatic rings. The van der Waals surface area contributed by atoms with Gasteiger partial charge in [0.1, 0.15) is 5.00 Å². The number of carbonyl (C=O) groups excluding carboxylic acids is 2. The number of nitrogens with zero attached hydrogens (tertiary/aromatic N) is 1. The van der Waals surface area contributed by atoms with Crippen LogP contribution in [0.4, 0.5) is 10.7 Å². The SMILES string of the molecule is CCC[C@H]1CCc2c(sc(NC(=O)c3ccc(C)c([N+](=O)[O-])c3)c2C(N)=O)C1. The van der Waals surface area contributed by atoms with Crippen molar-refractivity contribution in [3.63, 3.8) is 0 Å². The number of nitro groups is 1. The first-order valence-electron chi connectivity index (χ1n) is 9.32. The quantitative estimate of drug-likeness (QED) is 0.557. The first-order valence-corrected chi connectivity index (χ1v) is 10.1. The Bertz CT molecular complexity index is 951. The van der Waals surface area contributed by atoms with E-state index in [0.717, 1.165) is 42.5 Å². The molecule has 0 bridgehead atoms. The number of nitrogens with one attached hydrogen (secondary N) is 1. The normalized spacial score (nSPS) is 15.7. The Morgan fingerprint density at radius 1 is 1.39 bits per heavy atom. The molecular formula is C20H23N3O4S. The fourth-order valence-corrected chi connectivity index (χ4v) is 5.14. The zero-order valence-electron chi connectivity index (χ0n) is 15.9. The van der Waals surface area contributed by atoms with Gasteiger partial charge in [0.15, 0.2) is 0 Å². The average Bonchev–Trinajstić information content (AvgIpc) is 2.99. The van der Waals surface area contributed by atoms with Crippen LogP contribution >= 0.6 is 11.3 Å². The largest absolute Gasteiger partial charge is 0.365 e. The van der Waals surface area contributed by atoms with Crippen LogP contribution in [0, 0.1) is 23.0 Å². The van der Waals surface area contributed by atoms with Crippen molar-refractivity contribution < 1.29 is 14.5 Å². The number of nitrogens with two attached hydrogens (primary N) is 1. The second-order valence-corrected chi connectivity index (χ2v) is 8.29. The van der Waals surface area contributed by atoms with Crippen LogP contribution in [-0.2, 0) is 12.8 Å². The summed E-state index contributed by atoms with van der Waals surface area (Å²) in [6.07, 6.45) is 4.93. The van der Waals surface area contributed by atoms with Crippen LogP contribution in [0.1, 0.15) is 62.9 Å². The van der Waals surface area contributed by atoms with Gasteiger partial charge in [-0.25, -0.2) is 0 Å². The standard InChI is InChI=1S/C20H23N3O4S/c1-3-4-12-6-8-14-16(9-12)28-20(17(14)18(21)24)22-19(25)13-7-5-11(2)15(10-13)23(26)27/h5,7,10,12H,3-4,6,8-9H2,1-2H3,(H2,21,24)(H,22,25)/t12-/m0/s1. The number of rotatable bonds is 6. The van der Waals surface area contributed by atoms with E-state index in [2.05, 4.69) is 12.2 Å². The van der Waals surface area contributed by atoms with E-state index in [1.807, 2.05) is 0 Å². The Morgan fingerprint density at radius 3 is 2.79 bits per heavy atom. The zero-order valence-corrected chi connectivity index (χ0v) is 16.7. The summed E-state index contributed by atoms with van der Waals surface area (Å²) in [5.74, 6) is -0.467. The number of primary amides is 1. The molecule has 0 spiro atoms. The van der Waals surface area contributed by atoms with E-state index < -0.39 is 16.7 Å². The molecule has 148 valence electrons. The van der Waals surface area contributed by atoms with Crippen molar-refractivity contribution in [1.82, 2.24) is 0 Å². The Labute approximate surface area is 167 Å². The smallest absolute Gasteiger partial charge is 0.273 e. The molecular weight excluding hydrogens is 378 g/mol. The summed E-state index contributed by atoms with van der Waals surface area (Å²) >= 11 is 1.39. The van der Waals surface area contributed by atoms with Gasteiger partial charge in [-0.15, -0.1) is 11.3 Å². The number of aryl methyl sites for hydroxylation is 1. The second kappa shape index (κ2) is 8.10. The Morgan fingerprint density at radius 2 is 2.14 bits per heavy atom. The molecule has 1 aromatic carbocycles. The number of fused-ring (bicyclic) bond motifs is 1. The van der Waals surface area contributed by atoms with Gasteiger partial charge in [-0.05, 0) is 43.7 Å². The van der Waals surface area contributed by atoms with Crippen molar-refractivity contribution in [3.8, 4) is 0 Å². The van der Waals surface area contributed by atoms with Gasteiger partial charge < -0.3 is 11.1 Å². The molecule has 8 heteroatoms. The highest BCUT2D eigenvalue weighted by molar-refractivity contribution is 7.17. The van der Waals surface area contributed by atoms with Crippen LogP contribution in [-0.4, -0.2) is 16.7 Å². The molecule has 3 N–H and O–H groups in total. The molecule has 1 atom stereocenters. The van der Waals surface area contributed by atoms with Crippen molar-refractivity contribution >= 4 is 33.8 Å². The molecule has 0 aliphatic heterocycles. The van der Waals surface area contributed by atoms with E-state index in [9.17, 15) is 19.7 Å². The van der Waals surface area contributed by atoms with Gasteiger partial charge in [-0.1, -0.05) is 25.8 Å². The van der Waals surface area contributed by atoms with Crippen LogP contribution in [0.5, 0.6) is 0 Å².